The van der Waals surface area contributed by atoms with Crippen LogP contribution in [0.2, 0.25) is 0 Å². The van der Waals surface area contributed by atoms with Crippen LogP contribution in [-0.4, -0.2) is 63.4 Å². The van der Waals surface area contributed by atoms with Crippen LogP contribution >= 0.6 is 11.8 Å². The summed E-state index contributed by atoms with van der Waals surface area (Å²) in [6.07, 6.45) is 1.78. The molecule has 2 aliphatic rings. The van der Waals surface area contributed by atoms with Crippen LogP contribution in [0.1, 0.15) is 10.4 Å². The van der Waals surface area contributed by atoms with Gasteiger partial charge in [0.25, 0.3) is 5.91 Å². The molecule has 0 spiro atoms. The lowest BCUT2D eigenvalue weighted by atomic mass is 10.1. The first-order chi connectivity index (χ1) is 14.2. The lowest BCUT2D eigenvalue weighted by Gasteiger charge is -2.33. The van der Waals surface area contributed by atoms with Gasteiger partial charge in [0.15, 0.2) is 11.5 Å². The van der Waals surface area contributed by atoms with Crippen molar-refractivity contribution in [3.8, 4) is 23.0 Å². The summed E-state index contributed by atoms with van der Waals surface area (Å²) in [6, 6.07) is 11.1. The normalized spacial score (nSPS) is 17.9. The number of benzene rings is 2. The molecule has 1 amide bonds. The van der Waals surface area contributed by atoms with Crippen molar-refractivity contribution in [1.29, 1.82) is 0 Å². The van der Waals surface area contributed by atoms with E-state index in [0.29, 0.717) is 54.9 Å². The molecule has 0 N–H and O–H groups in total. The van der Waals surface area contributed by atoms with E-state index in [-0.39, 0.29) is 18.8 Å². The molecular formula is C21H23NO6S. The average Bonchev–Trinajstić information content (AvgIpc) is 3.25. The van der Waals surface area contributed by atoms with Gasteiger partial charge in [-0.25, -0.2) is 0 Å². The summed E-state index contributed by atoms with van der Waals surface area (Å²) in [7, 11) is 1.58. The monoisotopic (exact) mass is 417 g/mol. The SMILES string of the molecule is COc1cc(SC)ccc1C(=O)N1CCOC(COc2ccc3c(c2)OCO3)C1. The van der Waals surface area contributed by atoms with E-state index in [1.54, 1.807) is 29.8 Å². The number of hydrogen-bond donors (Lipinski definition) is 0. The Balaban J connectivity index is 1.38. The molecule has 1 fully saturated rings. The Hall–Kier alpha value is -2.58. The van der Waals surface area contributed by atoms with Gasteiger partial charge in [0.2, 0.25) is 6.79 Å². The molecule has 0 aliphatic carbocycles. The van der Waals surface area contributed by atoms with E-state index in [1.807, 2.05) is 36.6 Å². The topological polar surface area (TPSA) is 66.5 Å². The zero-order valence-electron chi connectivity index (χ0n) is 16.4. The van der Waals surface area contributed by atoms with Gasteiger partial charge in [-0.05, 0) is 36.6 Å². The summed E-state index contributed by atoms with van der Waals surface area (Å²) in [5.74, 6) is 2.58. The molecule has 29 heavy (non-hydrogen) atoms. The lowest BCUT2D eigenvalue weighted by Crippen LogP contribution is -2.47. The number of carbonyl (C=O) groups excluding carboxylic acids is 1. The van der Waals surface area contributed by atoms with Gasteiger partial charge in [0.1, 0.15) is 24.2 Å². The molecular weight excluding hydrogens is 394 g/mol. The van der Waals surface area contributed by atoms with Crippen LogP contribution in [0, 0.1) is 0 Å². The van der Waals surface area contributed by atoms with E-state index in [1.165, 1.54) is 0 Å². The molecule has 4 rings (SSSR count). The molecule has 2 aromatic carbocycles. The fourth-order valence-corrected chi connectivity index (χ4v) is 3.74. The summed E-state index contributed by atoms with van der Waals surface area (Å²) in [4.78, 5) is 15.9. The van der Waals surface area contributed by atoms with E-state index in [9.17, 15) is 4.79 Å². The smallest absolute Gasteiger partial charge is 0.257 e. The maximum Gasteiger partial charge on any atom is 0.257 e. The largest absolute Gasteiger partial charge is 0.496 e. The number of nitrogens with zero attached hydrogens (tertiary/aromatic N) is 1. The first-order valence-corrected chi connectivity index (χ1v) is 10.6. The highest BCUT2D eigenvalue weighted by Gasteiger charge is 2.27. The van der Waals surface area contributed by atoms with Crippen LogP contribution < -0.4 is 18.9 Å². The predicted octanol–water partition coefficient (Wildman–Crippen LogP) is 3.07. The highest BCUT2D eigenvalue weighted by molar-refractivity contribution is 7.98. The summed E-state index contributed by atoms with van der Waals surface area (Å²) < 4.78 is 27.7. The molecule has 0 saturated carbocycles. The van der Waals surface area contributed by atoms with Crippen LogP contribution in [0.3, 0.4) is 0 Å². The minimum absolute atomic E-state index is 0.0640. The van der Waals surface area contributed by atoms with Crippen molar-refractivity contribution >= 4 is 17.7 Å². The highest BCUT2D eigenvalue weighted by atomic mass is 32.2. The van der Waals surface area contributed by atoms with Crippen LogP contribution in [0.15, 0.2) is 41.3 Å². The number of hydrogen-bond acceptors (Lipinski definition) is 7. The predicted molar refractivity (Wildman–Crippen MR) is 108 cm³/mol. The molecule has 154 valence electrons. The van der Waals surface area contributed by atoms with Gasteiger partial charge in [0, 0.05) is 17.5 Å². The van der Waals surface area contributed by atoms with Crippen molar-refractivity contribution in [2.45, 2.75) is 11.0 Å². The van der Waals surface area contributed by atoms with Crippen LogP contribution in [0.5, 0.6) is 23.0 Å². The molecule has 1 saturated heterocycles. The second-order valence-electron chi connectivity index (χ2n) is 6.64. The van der Waals surface area contributed by atoms with Crippen molar-refractivity contribution in [2.75, 3.05) is 46.5 Å². The highest BCUT2D eigenvalue weighted by Crippen LogP contribution is 2.35. The van der Waals surface area contributed by atoms with Gasteiger partial charge in [-0.15, -0.1) is 11.8 Å². The third-order valence-electron chi connectivity index (χ3n) is 4.85. The zero-order valence-corrected chi connectivity index (χ0v) is 17.2. The Labute approximate surface area is 173 Å². The van der Waals surface area contributed by atoms with Gasteiger partial charge in [0.05, 0.1) is 25.8 Å². The molecule has 0 aromatic heterocycles. The van der Waals surface area contributed by atoms with E-state index >= 15 is 0 Å². The van der Waals surface area contributed by atoms with E-state index in [2.05, 4.69) is 0 Å². The molecule has 2 aromatic rings. The van der Waals surface area contributed by atoms with Gasteiger partial charge in [-0.3, -0.25) is 4.79 Å². The Morgan fingerprint density at radius 1 is 1.21 bits per heavy atom. The first-order valence-electron chi connectivity index (χ1n) is 9.33. The second kappa shape index (κ2) is 8.84. The third kappa shape index (κ3) is 4.38. The number of carbonyl (C=O) groups is 1. The maximum absolute atomic E-state index is 13.0. The molecule has 7 nitrogen and oxygen atoms in total. The molecule has 2 heterocycles. The lowest BCUT2D eigenvalue weighted by molar-refractivity contribution is -0.0402. The van der Waals surface area contributed by atoms with Gasteiger partial charge in [-0.2, -0.15) is 0 Å². The van der Waals surface area contributed by atoms with Crippen molar-refractivity contribution < 1.29 is 28.5 Å². The maximum atomic E-state index is 13.0. The Morgan fingerprint density at radius 3 is 2.90 bits per heavy atom. The van der Waals surface area contributed by atoms with Crippen LogP contribution in [0.25, 0.3) is 0 Å². The average molecular weight is 417 g/mol. The van der Waals surface area contributed by atoms with Crippen LogP contribution in [0.4, 0.5) is 0 Å². The van der Waals surface area contributed by atoms with Gasteiger partial charge < -0.3 is 28.6 Å². The number of amides is 1. The summed E-state index contributed by atoms with van der Waals surface area (Å²) in [6.45, 7) is 2.02. The van der Waals surface area contributed by atoms with Crippen LogP contribution in [-0.2, 0) is 4.74 Å². The summed E-state index contributed by atoms with van der Waals surface area (Å²) in [5.41, 5.74) is 0.558. The van der Waals surface area contributed by atoms with Gasteiger partial charge in [-0.1, -0.05) is 0 Å². The minimum atomic E-state index is -0.213. The first kappa shape index (κ1) is 19.7. The van der Waals surface area contributed by atoms with Crippen molar-refractivity contribution in [2.24, 2.45) is 0 Å². The fourth-order valence-electron chi connectivity index (χ4n) is 3.31. The van der Waals surface area contributed by atoms with E-state index < -0.39 is 0 Å². The number of morpholine rings is 1. The number of fused-ring (bicyclic) bond motifs is 1. The summed E-state index contributed by atoms with van der Waals surface area (Å²) >= 11 is 1.61. The Morgan fingerprint density at radius 2 is 2.07 bits per heavy atom. The van der Waals surface area contributed by atoms with Crippen molar-refractivity contribution in [3.63, 3.8) is 0 Å². The molecule has 0 bridgehead atoms. The Bertz CT molecular complexity index is 889. The Kier molecular flexibility index (Phi) is 6.01. The van der Waals surface area contributed by atoms with Crippen molar-refractivity contribution in [1.82, 2.24) is 4.90 Å². The van der Waals surface area contributed by atoms with E-state index in [0.717, 1.165) is 4.90 Å². The number of thioether (sulfide) groups is 1. The summed E-state index contributed by atoms with van der Waals surface area (Å²) in [5, 5.41) is 0. The molecule has 1 atom stereocenters. The fraction of sp³-hybridized carbons (Fsp3) is 0.381. The number of ether oxygens (including phenoxy) is 5. The standard InChI is InChI=1S/C21H23NO6S/c1-24-19-10-16(29-2)4-5-17(19)21(23)22-7-8-25-15(11-22)12-26-14-3-6-18-20(9-14)28-13-27-18/h3-6,9-10,15H,7-8,11-13H2,1-2H3. The van der Waals surface area contributed by atoms with E-state index in [4.69, 9.17) is 23.7 Å². The molecule has 0 radical (unpaired) electrons. The zero-order chi connectivity index (χ0) is 20.2. The van der Waals surface area contributed by atoms with Crippen molar-refractivity contribution in [3.05, 3.63) is 42.0 Å². The molecule has 1 unspecified atom stereocenters. The molecule has 2 aliphatic heterocycles. The molecule has 8 heteroatoms. The minimum Gasteiger partial charge on any atom is -0.496 e. The quantitative estimate of drug-likeness (QED) is 0.669. The van der Waals surface area contributed by atoms with Gasteiger partial charge >= 0.3 is 0 Å². The second-order valence-corrected chi connectivity index (χ2v) is 7.52. The number of rotatable bonds is 6. The third-order valence-corrected chi connectivity index (χ3v) is 5.57. The number of methoxy groups -OCH3 is 1.